The highest BCUT2D eigenvalue weighted by atomic mass is 32.1. The van der Waals surface area contributed by atoms with Gasteiger partial charge in [0.2, 0.25) is 0 Å². The molecular weight excluding hydrogens is 784 g/mol. The Morgan fingerprint density at radius 2 is 1.08 bits per heavy atom. The van der Waals surface area contributed by atoms with E-state index in [-0.39, 0.29) is 28.4 Å². The van der Waals surface area contributed by atoms with Crippen molar-refractivity contribution in [3.05, 3.63) is 149 Å². The number of para-hydroxylation sites is 1. The summed E-state index contributed by atoms with van der Waals surface area (Å²) in [5.41, 5.74) is 20.0. The predicted octanol–water partition coefficient (Wildman–Crippen LogP) is 15.2. The van der Waals surface area contributed by atoms with E-state index in [1.54, 1.807) is 0 Å². The lowest BCUT2D eigenvalue weighted by Gasteiger charge is -2.45. The number of benzene rings is 6. The summed E-state index contributed by atoms with van der Waals surface area (Å²) in [4.78, 5) is 5.26. The van der Waals surface area contributed by atoms with Gasteiger partial charge in [0.25, 0.3) is 6.71 Å². The molecule has 8 aromatic rings. The molecule has 3 nitrogen and oxygen atoms in total. The van der Waals surface area contributed by atoms with Crippen LogP contribution in [0.3, 0.4) is 0 Å². The maximum atomic E-state index is 6.49. The Bertz CT molecular complexity index is 3080. The van der Waals surface area contributed by atoms with E-state index in [1.165, 1.54) is 93.3 Å². The van der Waals surface area contributed by atoms with Crippen molar-refractivity contribution in [2.75, 3.05) is 9.80 Å². The third-order valence-corrected chi connectivity index (χ3v) is 14.9. The number of aryl methyl sites for hydroxylation is 2. The van der Waals surface area contributed by atoms with Crippen LogP contribution in [0.1, 0.15) is 116 Å². The first-order valence-electron chi connectivity index (χ1n) is 22.8. The van der Waals surface area contributed by atoms with Gasteiger partial charge in [0.1, 0.15) is 11.3 Å². The fourth-order valence-corrected chi connectivity index (χ4v) is 11.3. The minimum atomic E-state index is -0.115. The normalized spacial score (nSPS) is 14.1. The second-order valence-corrected chi connectivity index (χ2v) is 23.6. The average Bonchev–Trinajstić information content (AvgIpc) is 3.82. The summed E-state index contributed by atoms with van der Waals surface area (Å²) in [7, 11) is 0. The zero-order chi connectivity index (χ0) is 44.7. The summed E-state index contributed by atoms with van der Waals surface area (Å²) in [6, 6.07) is 44.2. The second kappa shape index (κ2) is 14.0. The van der Waals surface area contributed by atoms with Gasteiger partial charge in [0.05, 0.1) is 11.4 Å². The van der Waals surface area contributed by atoms with Crippen molar-refractivity contribution in [1.29, 1.82) is 0 Å². The molecule has 0 amide bonds. The Morgan fingerprint density at radius 3 is 1.70 bits per heavy atom. The van der Waals surface area contributed by atoms with Gasteiger partial charge in [-0.25, -0.2) is 0 Å². The molecule has 10 rings (SSSR count). The van der Waals surface area contributed by atoms with Crippen molar-refractivity contribution >= 4 is 88.9 Å². The molecule has 63 heavy (non-hydrogen) atoms. The van der Waals surface area contributed by atoms with Gasteiger partial charge < -0.3 is 14.2 Å². The zero-order valence-electron chi connectivity index (χ0n) is 39.8. The molecule has 0 fully saturated rings. The molecule has 0 N–H and O–H groups in total. The molecule has 0 bridgehead atoms. The van der Waals surface area contributed by atoms with Crippen molar-refractivity contribution in [3.8, 4) is 11.3 Å². The van der Waals surface area contributed by atoms with Crippen molar-refractivity contribution in [1.82, 2.24) is 0 Å². The molecule has 5 heteroatoms. The van der Waals surface area contributed by atoms with Gasteiger partial charge in [-0.3, -0.25) is 0 Å². The Kier molecular flexibility index (Phi) is 9.21. The molecule has 0 saturated carbocycles. The van der Waals surface area contributed by atoms with E-state index in [0.29, 0.717) is 0 Å². The van der Waals surface area contributed by atoms with Crippen molar-refractivity contribution < 1.29 is 4.42 Å². The summed E-state index contributed by atoms with van der Waals surface area (Å²) in [5, 5.41) is 2.45. The van der Waals surface area contributed by atoms with Gasteiger partial charge in [0, 0.05) is 48.6 Å². The minimum Gasteiger partial charge on any atom is -0.456 e. The molecule has 0 radical (unpaired) electrons. The molecule has 6 aromatic carbocycles. The van der Waals surface area contributed by atoms with Crippen LogP contribution in [-0.2, 0) is 21.7 Å². The van der Waals surface area contributed by atoms with Gasteiger partial charge >= 0.3 is 0 Å². The summed E-state index contributed by atoms with van der Waals surface area (Å²) < 4.78 is 9.22. The summed E-state index contributed by atoms with van der Waals surface area (Å²) >= 11 is 1.98. The van der Waals surface area contributed by atoms with Crippen LogP contribution in [0.25, 0.3) is 32.4 Å². The lowest BCUT2D eigenvalue weighted by Crippen LogP contribution is -2.60. The van der Waals surface area contributed by atoms with Crippen molar-refractivity contribution in [2.45, 2.75) is 119 Å². The van der Waals surface area contributed by atoms with E-state index in [9.17, 15) is 0 Å². The van der Waals surface area contributed by atoms with Crippen LogP contribution in [0.5, 0.6) is 0 Å². The fraction of sp³-hybridized carbons (Fsp3) is 0.310. The second-order valence-electron chi connectivity index (χ2n) is 22.5. The number of nitrogens with zero attached hydrogens (tertiary/aromatic N) is 2. The SMILES string of the molecule is Cc1cc(-c2cc3ccccc3o2)cc(C)c1N1c2cc(C(C)(C)C)cc3c2B(c2cc(C(C)(C)C)ccc2N3c2ccc(C(C)(C)C)cc2)c2sc3ccc(C(C)(C)C)cc3c21. The molecule has 318 valence electrons. The van der Waals surface area contributed by atoms with E-state index in [4.69, 9.17) is 4.42 Å². The van der Waals surface area contributed by atoms with Crippen LogP contribution in [0.15, 0.2) is 120 Å². The quantitative estimate of drug-likeness (QED) is 0.165. The lowest BCUT2D eigenvalue weighted by atomic mass is 9.36. The molecular formula is C58H61BN2OS. The molecule has 2 aromatic heterocycles. The van der Waals surface area contributed by atoms with E-state index < -0.39 is 0 Å². The van der Waals surface area contributed by atoms with Gasteiger partial charge in [-0.05, 0) is 147 Å². The topological polar surface area (TPSA) is 19.6 Å². The van der Waals surface area contributed by atoms with Gasteiger partial charge in [-0.2, -0.15) is 0 Å². The van der Waals surface area contributed by atoms with Crippen LogP contribution in [-0.4, -0.2) is 6.71 Å². The van der Waals surface area contributed by atoms with Crippen LogP contribution < -0.4 is 25.5 Å². The van der Waals surface area contributed by atoms with Crippen LogP contribution in [0.4, 0.5) is 34.1 Å². The number of hydrogen-bond donors (Lipinski definition) is 0. The molecule has 4 heterocycles. The summed E-state index contributed by atoms with van der Waals surface area (Å²) in [6.45, 7) is 32.7. The molecule has 2 aliphatic heterocycles. The molecule has 0 unspecified atom stereocenters. The summed E-state index contributed by atoms with van der Waals surface area (Å²) in [5.74, 6) is 0.899. The average molecular weight is 845 g/mol. The number of rotatable bonds is 3. The lowest BCUT2D eigenvalue weighted by molar-refractivity contribution is 0.589. The van der Waals surface area contributed by atoms with Crippen molar-refractivity contribution in [2.24, 2.45) is 0 Å². The highest BCUT2D eigenvalue weighted by molar-refractivity contribution is 7.33. The van der Waals surface area contributed by atoms with E-state index in [2.05, 4.69) is 216 Å². The first kappa shape index (κ1) is 41.5. The standard InChI is InChI=1S/C58H61BN2OS/c1-34-27-37(49-29-36-17-15-16-18-48(36)62-49)28-35(2)52(34)61-47-33-41(58(12,13)14)32-46-51(47)59(54-53(61)43-30-39(56(6,7)8)22-26-50(43)63-54)44-31-40(57(9,10)11)21-25-45(44)60(46)42-23-19-38(20-24-42)55(3,4)5/h15-33H,1-14H3. The van der Waals surface area contributed by atoms with Crippen LogP contribution >= 0.6 is 11.3 Å². The van der Waals surface area contributed by atoms with Crippen LogP contribution in [0.2, 0.25) is 0 Å². The fourth-order valence-electron chi connectivity index (χ4n) is 10.0. The smallest absolute Gasteiger partial charge is 0.264 e. The monoisotopic (exact) mass is 844 g/mol. The molecule has 0 spiro atoms. The third-order valence-electron chi connectivity index (χ3n) is 13.7. The minimum absolute atomic E-state index is 0.00482. The third kappa shape index (κ3) is 6.76. The van der Waals surface area contributed by atoms with E-state index >= 15 is 0 Å². The predicted molar refractivity (Wildman–Crippen MR) is 275 cm³/mol. The number of thiophene rings is 1. The maximum Gasteiger partial charge on any atom is 0.264 e. The molecule has 0 atom stereocenters. The highest BCUT2D eigenvalue weighted by Crippen LogP contribution is 2.51. The van der Waals surface area contributed by atoms with E-state index in [0.717, 1.165) is 22.3 Å². The Labute approximate surface area is 379 Å². The van der Waals surface area contributed by atoms with Gasteiger partial charge in [-0.15, -0.1) is 11.3 Å². The summed E-state index contributed by atoms with van der Waals surface area (Å²) in [6.07, 6.45) is 0. The number of hydrogen-bond acceptors (Lipinski definition) is 4. The molecule has 0 aliphatic carbocycles. The van der Waals surface area contributed by atoms with Crippen molar-refractivity contribution in [3.63, 3.8) is 0 Å². The van der Waals surface area contributed by atoms with Gasteiger partial charge in [-0.1, -0.05) is 132 Å². The molecule has 2 aliphatic rings. The number of fused-ring (bicyclic) bond motifs is 7. The Morgan fingerprint density at radius 1 is 0.508 bits per heavy atom. The van der Waals surface area contributed by atoms with Gasteiger partial charge in [0.15, 0.2) is 0 Å². The highest BCUT2D eigenvalue weighted by Gasteiger charge is 2.47. The first-order chi connectivity index (χ1) is 29.6. The molecule has 0 saturated heterocycles. The maximum absolute atomic E-state index is 6.49. The zero-order valence-corrected chi connectivity index (χ0v) is 40.6. The largest absolute Gasteiger partial charge is 0.456 e. The Balaban J connectivity index is 1.32. The Hall–Kier alpha value is -5.52. The van der Waals surface area contributed by atoms with Crippen LogP contribution in [0, 0.1) is 13.8 Å². The number of furan rings is 1. The van der Waals surface area contributed by atoms with E-state index in [1.807, 2.05) is 17.4 Å². The first-order valence-corrected chi connectivity index (χ1v) is 23.6. The number of anilines is 6.